The number of amides is 1. The molecule has 1 heterocycles. The molecule has 1 aromatic heterocycles. The number of hydrazone groups is 1. The average molecular weight is 370 g/mol. The molecule has 4 nitrogen and oxygen atoms in total. The third kappa shape index (κ3) is 3.54. The van der Waals surface area contributed by atoms with Crippen molar-refractivity contribution in [2.75, 3.05) is 0 Å². The monoisotopic (exact) mass is 370 g/mol. The van der Waals surface area contributed by atoms with Crippen LogP contribution in [0.4, 0.5) is 0 Å². The highest BCUT2D eigenvalue weighted by atomic mass is 16.3. The number of fused-ring (bicyclic) bond motifs is 3. The molecule has 0 fully saturated rings. The van der Waals surface area contributed by atoms with E-state index in [4.69, 9.17) is 4.42 Å². The number of hydrogen-bond acceptors (Lipinski definition) is 3. The zero-order valence-electron chi connectivity index (χ0n) is 16.2. The standard InChI is InChI=1S/C24H22N2O2/c1-24(2,3)18-11-8-16(9-12-18)15-25-26-23(27)22-14-20-19-7-5-4-6-17(19)10-13-21(20)28-22/h4-15H,1-3H3,(H,26,27). The Morgan fingerprint density at radius 2 is 1.71 bits per heavy atom. The predicted molar refractivity (Wildman–Crippen MR) is 114 cm³/mol. The number of benzene rings is 3. The van der Waals surface area contributed by atoms with E-state index >= 15 is 0 Å². The molecule has 1 amide bonds. The summed E-state index contributed by atoms with van der Waals surface area (Å²) in [4.78, 5) is 12.4. The molecular weight excluding hydrogens is 348 g/mol. The zero-order chi connectivity index (χ0) is 19.7. The van der Waals surface area contributed by atoms with Gasteiger partial charge in [-0.2, -0.15) is 5.10 Å². The van der Waals surface area contributed by atoms with Gasteiger partial charge in [-0.25, -0.2) is 5.43 Å². The van der Waals surface area contributed by atoms with Crippen LogP contribution in [0.25, 0.3) is 21.7 Å². The molecule has 0 atom stereocenters. The minimum atomic E-state index is -0.372. The van der Waals surface area contributed by atoms with Crippen LogP contribution in [0.2, 0.25) is 0 Å². The lowest BCUT2D eigenvalue weighted by Gasteiger charge is -2.18. The predicted octanol–water partition coefficient (Wildman–Crippen LogP) is 5.65. The van der Waals surface area contributed by atoms with Gasteiger partial charge in [-0.15, -0.1) is 0 Å². The molecular formula is C24H22N2O2. The Hall–Kier alpha value is -3.40. The molecule has 140 valence electrons. The van der Waals surface area contributed by atoms with E-state index in [1.165, 1.54) is 5.56 Å². The summed E-state index contributed by atoms with van der Waals surface area (Å²) < 4.78 is 5.71. The molecule has 4 aromatic rings. The number of carbonyl (C=O) groups is 1. The van der Waals surface area contributed by atoms with Crippen molar-refractivity contribution in [1.29, 1.82) is 0 Å². The van der Waals surface area contributed by atoms with E-state index in [9.17, 15) is 4.79 Å². The van der Waals surface area contributed by atoms with Crippen LogP contribution >= 0.6 is 0 Å². The van der Waals surface area contributed by atoms with Crippen molar-refractivity contribution in [2.45, 2.75) is 26.2 Å². The van der Waals surface area contributed by atoms with Crippen molar-refractivity contribution in [3.8, 4) is 0 Å². The molecule has 0 aliphatic rings. The maximum atomic E-state index is 12.4. The summed E-state index contributed by atoms with van der Waals surface area (Å²) in [6.07, 6.45) is 1.63. The van der Waals surface area contributed by atoms with E-state index in [1.807, 2.05) is 48.5 Å². The molecule has 4 rings (SSSR count). The van der Waals surface area contributed by atoms with Crippen LogP contribution in [0.1, 0.15) is 42.5 Å². The van der Waals surface area contributed by atoms with E-state index in [1.54, 1.807) is 12.3 Å². The van der Waals surface area contributed by atoms with E-state index in [2.05, 4.69) is 43.4 Å². The number of rotatable bonds is 3. The van der Waals surface area contributed by atoms with Gasteiger partial charge in [0.1, 0.15) is 5.58 Å². The smallest absolute Gasteiger partial charge is 0.307 e. The lowest BCUT2D eigenvalue weighted by atomic mass is 9.87. The fraction of sp³-hybridized carbons (Fsp3) is 0.167. The number of hydrogen-bond donors (Lipinski definition) is 1. The first-order chi connectivity index (χ1) is 13.4. The fourth-order valence-corrected chi connectivity index (χ4v) is 3.19. The Morgan fingerprint density at radius 3 is 2.46 bits per heavy atom. The fourth-order valence-electron chi connectivity index (χ4n) is 3.19. The van der Waals surface area contributed by atoms with Crippen LogP contribution in [0.3, 0.4) is 0 Å². The Kier molecular flexibility index (Phi) is 4.47. The minimum absolute atomic E-state index is 0.107. The third-order valence-corrected chi connectivity index (χ3v) is 4.81. The molecule has 28 heavy (non-hydrogen) atoms. The first-order valence-corrected chi connectivity index (χ1v) is 9.27. The van der Waals surface area contributed by atoms with Gasteiger partial charge in [0.15, 0.2) is 5.76 Å². The van der Waals surface area contributed by atoms with E-state index in [0.29, 0.717) is 5.58 Å². The molecule has 0 unspecified atom stereocenters. The van der Waals surface area contributed by atoms with Crippen molar-refractivity contribution in [3.63, 3.8) is 0 Å². The average Bonchev–Trinajstić information content (AvgIpc) is 3.13. The summed E-state index contributed by atoms with van der Waals surface area (Å²) in [5.74, 6) is -0.130. The molecule has 3 aromatic carbocycles. The largest absolute Gasteiger partial charge is 0.451 e. The van der Waals surface area contributed by atoms with Crippen molar-refractivity contribution in [1.82, 2.24) is 5.43 Å². The number of nitrogens with zero attached hydrogens (tertiary/aromatic N) is 1. The highest BCUT2D eigenvalue weighted by molar-refractivity contribution is 6.08. The molecule has 0 saturated heterocycles. The second-order valence-electron chi connectivity index (χ2n) is 7.88. The molecule has 0 saturated carbocycles. The van der Waals surface area contributed by atoms with Crippen LogP contribution in [0, 0.1) is 0 Å². The maximum Gasteiger partial charge on any atom is 0.307 e. The first-order valence-electron chi connectivity index (χ1n) is 9.27. The van der Waals surface area contributed by atoms with Crippen LogP contribution in [-0.4, -0.2) is 12.1 Å². The lowest BCUT2D eigenvalue weighted by Crippen LogP contribution is -2.16. The Balaban J connectivity index is 1.51. The second-order valence-corrected chi connectivity index (χ2v) is 7.88. The van der Waals surface area contributed by atoms with Crippen LogP contribution < -0.4 is 5.43 Å². The Labute approximate surface area is 163 Å². The summed E-state index contributed by atoms with van der Waals surface area (Å²) >= 11 is 0. The Morgan fingerprint density at radius 1 is 0.964 bits per heavy atom. The third-order valence-electron chi connectivity index (χ3n) is 4.81. The van der Waals surface area contributed by atoms with Crippen molar-refractivity contribution >= 4 is 33.9 Å². The summed E-state index contributed by atoms with van der Waals surface area (Å²) in [7, 11) is 0. The highest BCUT2D eigenvalue weighted by Crippen LogP contribution is 2.28. The molecule has 0 aliphatic heterocycles. The molecule has 0 aliphatic carbocycles. The van der Waals surface area contributed by atoms with Gasteiger partial charge < -0.3 is 4.42 Å². The van der Waals surface area contributed by atoms with Crippen LogP contribution in [0.15, 0.2) is 76.2 Å². The van der Waals surface area contributed by atoms with Gasteiger partial charge in [0.2, 0.25) is 0 Å². The summed E-state index contributed by atoms with van der Waals surface area (Å²) in [5.41, 5.74) is 5.50. The van der Waals surface area contributed by atoms with Crippen LogP contribution in [0.5, 0.6) is 0 Å². The summed E-state index contributed by atoms with van der Waals surface area (Å²) in [6, 6.07) is 21.8. The molecule has 0 bridgehead atoms. The van der Waals surface area contributed by atoms with E-state index in [0.717, 1.165) is 21.7 Å². The summed E-state index contributed by atoms with van der Waals surface area (Å²) in [5, 5.41) is 7.15. The molecule has 0 spiro atoms. The van der Waals surface area contributed by atoms with Gasteiger partial charge in [-0.3, -0.25) is 4.79 Å². The highest BCUT2D eigenvalue weighted by Gasteiger charge is 2.14. The molecule has 4 heteroatoms. The Bertz CT molecular complexity index is 1180. The minimum Gasteiger partial charge on any atom is -0.451 e. The van der Waals surface area contributed by atoms with Gasteiger partial charge in [0.25, 0.3) is 0 Å². The van der Waals surface area contributed by atoms with Gasteiger partial charge in [-0.1, -0.05) is 75.4 Å². The SMILES string of the molecule is CC(C)(C)c1ccc(C=NNC(=O)c2cc3c(ccc4ccccc43)o2)cc1. The van der Waals surface area contributed by atoms with Gasteiger partial charge in [0.05, 0.1) is 6.21 Å². The first kappa shape index (κ1) is 18.0. The van der Waals surface area contributed by atoms with Gasteiger partial charge >= 0.3 is 5.91 Å². The van der Waals surface area contributed by atoms with Crippen molar-refractivity contribution < 1.29 is 9.21 Å². The van der Waals surface area contributed by atoms with Gasteiger partial charge in [-0.05, 0) is 39.4 Å². The lowest BCUT2D eigenvalue weighted by molar-refractivity contribution is 0.0929. The molecule has 0 radical (unpaired) electrons. The van der Waals surface area contributed by atoms with Crippen molar-refractivity contribution in [2.24, 2.45) is 5.10 Å². The molecule has 1 N–H and O–H groups in total. The second kappa shape index (κ2) is 6.97. The van der Waals surface area contributed by atoms with Crippen LogP contribution in [-0.2, 0) is 5.41 Å². The quantitative estimate of drug-likeness (QED) is 0.374. The number of nitrogens with one attached hydrogen (secondary N) is 1. The van der Waals surface area contributed by atoms with E-state index in [-0.39, 0.29) is 17.1 Å². The normalized spacial score (nSPS) is 12.1. The van der Waals surface area contributed by atoms with Crippen molar-refractivity contribution in [3.05, 3.63) is 83.6 Å². The zero-order valence-corrected chi connectivity index (χ0v) is 16.2. The topological polar surface area (TPSA) is 54.6 Å². The van der Waals surface area contributed by atoms with Gasteiger partial charge in [0, 0.05) is 5.39 Å². The van der Waals surface area contributed by atoms with E-state index < -0.39 is 0 Å². The number of carbonyl (C=O) groups excluding carboxylic acids is 1. The maximum absolute atomic E-state index is 12.4. The number of furan rings is 1. The summed E-state index contributed by atoms with van der Waals surface area (Å²) in [6.45, 7) is 6.52.